The van der Waals surface area contributed by atoms with Crippen molar-refractivity contribution in [3.8, 4) is 11.3 Å². The highest BCUT2D eigenvalue weighted by molar-refractivity contribution is 5.63. The van der Waals surface area contributed by atoms with E-state index in [0.29, 0.717) is 6.04 Å². The Kier molecular flexibility index (Phi) is 3.94. The van der Waals surface area contributed by atoms with Crippen LogP contribution < -0.4 is 5.32 Å². The van der Waals surface area contributed by atoms with E-state index in [-0.39, 0.29) is 6.10 Å². The molecular formula is C19H22N4O. The molecule has 1 aliphatic carbocycles. The Morgan fingerprint density at radius 2 is 1.79 bits per heavy atom. The molecule has 0 bridgehead atoms. The van der Waals surface area contributed by atoms with Crippen molar-refractivity contribution in [1.82, 2.24) is 14.6 Å². The fraction of sp³-hybridized carbons (Fsp3) is 0.368. The highest BCUT2D eigenvalue weighted by atomic mass is 16.3. The zero-order valence-electron chi connectivity index (χ0n) is 13.8. The van der Waals surface area contributed by atoms with Gasteiger partial charge in [-0.15, -0.1) is 5.10 Å². The molecule has 2 aromatic heterocycles. The van der Waals surface area contributed by atoms with Gasteiger partial charge in [-0.25, -0.2) is 9.50 Å². The van der Waals surface area contributed by atoms with Gasteiger partial charge < -0.3 is 10.4 Å². The first-order valence-electron chi connectivity index (χ1n) is 8.55. The van der Waals surface area contributed by atoms with Gasteiger partial charge in [0.2, 0.25) is 0 Å². The zero-order valence-corrected chi connectivity index (χ0v) is 13.8. The van der Waals surface area contributed by atoms with Gasteiger partial charge in [0.1, 0.15) is 5.82 Å². The Labute approximate surface area is 141 Å². The minimum Gasteiger partial charge on any atom is -0.393 e. The van der Waals surface area contributed by atoms with Crippen LogP contribution >= 0.6 is 0 Å². The van der Waals surface area contributed by atoms with Gasteiger partial charge >= 0.3 is 0 Å². The van der Waals surface area contributed by atoms with E-state index in [9.17, 15) is 5.11 Å². The number of aryl methyl sites for hydroxylation is 1. The maximum absolute atomic E-state index is 9.63. The summed E-state index contributed by atoms with van der Waals surface area (Å²) >= 11 is 0. The van der Waals surface area contributed by atoms with Gasteiger partial charge in [0, 0.05) is 11.6 Å². The van der Waals surface area contributed by atoms with Crippen molar-refractivity contribution in [1.29, 1.82) is 0 Å². The Bertz CT molecular complexity index is 832. The molecule has 0 unspecified atom stereocenters. The van der Waals surface area contributed by atoms with Crippen LogP contribution in [-0.2, 0) is 0 Å². The average Bonchev–Trinajstić information content (AvgIpc) is 3.01. The van der Waals surface area contributed by atoms with Crippen molar-refractivity contribution in [2.45, 2.75) is 44.8 Å². The Morgan fingerprint density at radius 1 is 1.04 bits per heavy atom. The molecule has 124 valence electrons. The summed E-state index contributed by atoms with van der Waals surface area (Å²) in [6, 6.07) is 12.8. The molecule has 0 atom stereocenters. The van der Waals surface area contributed by atoms with Gasteiger partial charge in [0.15, 0.2) is 5.65 Å². The van der Waals surface area contributed by atoms with E-state index in [0.717, 1.165) is 48.4 Å². The summed E-state index contributed by atoms with van der Waals surface area (Å²) in [7, 11) is 0. The van der Waals surface area contributed by atoms with Gasteiger partial charge in [0.25, 0.3) is 0 Å². The van der Waals surface area contributed by atoms with E-state index >= 15 is 0 Å². The molecule has 5 heteroatoms. The molecule has 1 saturated carbocycles. The summed E-state index contributed by atoms with van der Waals surface area (Å²) in [5, 5.41) is 17.9. The lowest BCUT2D eigenvalue weighted by atomic mass is 9.93. The number of hydrogen-bond donors (Lipinski definition) is 2. The number of hydrogen-bond acceptors (Lipinski definition) is 4. The molecule has 1 aromatic carbocycles. The standard InChI is InChI=1S/C19H22N4O/c1-13-2-4-14(5-3-13)17-12-20-19-11-10-18(22-23(17)19)21-15-6-8-16(24)9-7-15/h2-5,10-12,15-16,24H,6-9H2,1H3,(H,21,22)/t15-,16-. The highest BCUT2D eigenvalue weighted by Gasteiger charge is 2.19. The number of fused-ring (bicyclic) bond motifs is 1. The quantitative estimate of drug-likeness (QED) is 0.775. The number of nitrogens with one attached hydrogen (secondary N) is 1. The predicted molar refractivity (Wildman–Crippen MR) is 95.0 cm³/mol. The number of benzene rings is 1. The van der Waals surface area contributed by atoms with Gasteiger partial charge in [-0.05, 0) is 44.7 Å². The lowest BCUT2D eigenvalue weighted by molar-refractivity contribution is 0.126. The van der Waals surface area contributed by atoms with E-state index in [1.54, 1.807) is 0 Å². The number of nitrogens with zero attached hydrogens (tertiary/aromatic N) is 3. The van der Waals surface area contributed by atoms with E-state index in [1.165, 1.54) is 5.56 Å². The third kappa shape index (κ3) is 2.99. The van der Waals surface area contributed by atoms with E-state index in [2.05, 4.69) is 41.5 Å². The first kappa shape index (κ1) is 15.1. The minimum absolute atomic E-state index is 0.139. The fourth-order valence-corrected chi connectivity index (χ4v) is 3.30. The molecule has 0 spiro atoms. The molecule has 5 nitrogen and oxygen atoms in total. The maximum Gasteiger partial charge on any atom is 0.154 e. The van der Waals surface area contributed by atoms with Crippen LogP contribution in [0.4, 0.5) is 5.82 Å². The summed E-state index contributed by atoms with van der Waals surface area (Å²) in [5.74, 6) is 0.857. The summed E-state index contributed by atoms with van der Waals surface area (Å²) in [6.45, 7) is 2.08. The first-order valence-corrected chi connectivity index (χ1v) is 8.55. The van der Waals surface area contributed by atoms with Gasteiger partial charge in [-0.1, -0.05) is 29.8 Å². The zero-order chi connectivity index (χ0) is 16.5. The van der Waals surface area contributed by atoms with Crippen molar-refractivity contribution in [3.05, 3.63) is 48.2 Å². The van der Waals surface area contributed by atoms with Crippen molar-refractivity contribution in [3.63, 3.8) is 0 Å². The molecule has 0 saturated heterocycles. The molecule has 0 radical (unpaired) electrons. The Balaban J connectivity index is 1.62. The number of rotatable bonds is 3. The lowest BCUT2D eigenvalue weighted by Gasteiger charge is -2.26. The summed E-state index contributed by atoms with van der Waals surface area (Å²) in [4.78, 5) is 4.45. The second-order valence-electron chi connectivity index (χ2n) is 6.65. The molecule has 2 heterocycles. The van der Waals surface area contributed by atoms with Crippen molar-refractivity contribution in [2.24, 2.45) is 0 Å². The van der Waals surface area contributed by atoms with Crippen LogP contribution in [-0.4, -0.2) is 31.9 Å². The van der Waals surface area contributed by atoms with E-state index in [1.807, 2.05) is 22.8 Å². The number of aliphatic hydroxyl groups excluding tert-OH is 1. The minimum atomic E-state index is -0.139. The number of anilines is 1. The molecule has 0 amide bonds. The fourth-order valence-electron chi connectivity index (χ4n) is 3.30. The molecule has 3 aromatic rings. The van der Waals surface area contributed by atoms with Crippen molar-refractivity contribution in [2.75, 3.05) is 5.32 Å². The largest absolute Gasteiger partial charge is 0.393 e. The topological polar surface area (TPSA) is 62.5 Å². The second-order valence-corrected chi connectivity index (χ2v) is 6.65. The number of imidazole rings is 1. The number of aromatic nitrogens is 3. The smallest absolute Gasteiger partial charge is 0.154 e. The Morgan fingerprint density at radius 3 is 2.54 bits per heavy atom. The lowest BCUT2D eigenvalue weighted by Crippen LogP contribution is -2.28. The predicted octanol–water partition coefficient (Wildman–Crippen LogP) is 3.42. The van der Waals surface area contributed by atoms with Crippen LogP contribution in [0.5, 0.6) is 0 Å². The molecule has 1 fully saturated rings. The Hall–Kier alpha value is -2.40. The molecule has 4 rings (SSSR count). The van der Waals surface area contributed by atoms with Crippen LogP contribution in [0.15, 0.2) is 42.6 Å². The van der Waals surface area contributed by atoms with Gasteiger partial charge in [-0.2, -0.15) is 0 Å². The maximum atomic E-state index is 9.63. The average molecular weight is 322 g/mol. The van der Waals surface area contributed by atoms with Crippen LogP contribution in [0, 0.1) is 6.92 Å². The van der Waals surface area contributed by atoms with E-state index in [4.69, 9.17) is 5.10 Å². The third-order valence-corrected chi connectivity index (χ3v) is 4.76. The molecule has 0 aliphatic heterocycles. The van der Waals surface area contributed by atoms with E-state index < -0.39 is 0 Å². The molecule has 1 aliphatic rings. The second kappa shape index (κ2) is 6.24. The summed E-state index contributed by atoms with van der Waals surface area (Å²) in [6.07, 6.45) is 5.42. The summed E-state index contributed by atoms with van der Waals surface area (Å²) in [5.41, 5.74) is 4.18. The van der Waals surface area contributed by atoms with Crippen LogP contribution in [0.1, 0.15) is 31.2 Å². The van der Waals surface area contributed by atoms with Crippen molar-refractivity contribution >= 4 is 11.5 Å². The molecular weight excluding hydrogens is 300 g/mol. The van der Waals surface area contributed by atoms with Crippen LogP contribution in [0.3, 0.4) is 0 Å². The van der Waals surface area contributed by atoms with Crippen molar-refractivity contribution < 1.29 is 5.11 Å². The summed E-state index contributed by atoms with van der Waals surface area (Å²) < 4.78 is 1.89. The monoisotopic (exact) mass is 322 g/mol. The van der Waals surface area contributed by atoms with Gasteiger partial charge in [-0.3, -0.25) is 0 Å². The highest BCUT2D eigenvalue weighted by Crippen LogP contribution is 2.24. The molecule has 24 heavy (non-hydrogen) atoms. The first-order chi connectivity index (χ1) is 11.7. The molecule has 2 N–H and O–H groups in total. The SMILES string of the molecule is Cc1ccc(-c2cnc3ccc(N[C@H]4CC[C@H](O)CC4)nn23)cc1. The third-order valence-electron chi connectivity index (χ3n) is 4.76. The number of aliphatic hydroxyl groups is 1. The normalized spacial score (nSPS) is 21.1. The van der Waals surface area contributed by atoms with Crippen LogP contribution in [0.2, 0.25) is 0 Å². The van der Waals surface area contributed by atoms with Crippen LogP contribution in [0.25, 0.3) is 16.9 Å². The van der Waals surface area contributed by atoms with Gasteiger partial charge in [0.05, 0.1) is 18.0 Å².